The number of primary amides is 1. The second-order valence-corrected chi connectivity index (χ2v) is 3.66. The van der Waals surface area contributed by atoms with E-state index in [1.807, 2.05) is 12.2 Å². The number of carbonyl (C=O) groups excluding carboxylic acids is 1. The third kappa shape index (κ3) is 2.87. The van der Waals surface area contributed by atoms with Crippen LogP contribution in [0.3, 0.4) is 0 Å². The Morgan fingerprint density at radius 3 is 2.79 bits per heavy atom. The van der Waals surface area contributed by atoms with Crippen LogP contribution in [0.15, 0.2) is 35.5 Å². The molecule has 14 heavy (non-hydrogen) atoms. The predicted molar refractivity (Wildman–Crippen MR) is 58.6 cm³/mol. The Kier molecular flexibility index (Phi) is 3.69. The van der Waals surface area contributed by atoms with Crippen molar-refractivity contribution in [2.24, 2.45) is 5.73 Å². The smallest absolute Gasteiger partial charge is 0.244 e. The number of hydrogen-bond acceptors (Lipinski definition) is 1. The maximum atomic E-state index is 11.0. The van der Waals surface area contributed by atoms with Gasteiger partial charge in [-0.3, -0.25) is 4.79 Å². The zero-order valence-electron chi connectivity index (χ0n) is 8.68. The summed E-state index contributed by atoms with van der Waals surface area (Å²) in [5.74, 6) is -0.314. The summed E-state index contributed by atoms with van der Waals surface area (Å²) < 4.78 is 0. The second-order valence-electron chi connectivity index (χ2n) is 3.66. The van der Waals surface area contributed by atoms with Gasteiger partial charge in [0.15, 0.2) is 0 Å². The summed E-state index contributed by atoms with van der Waals surface area (Å²) in [6.07, 6.45) is 7.41. The molecule has 1 aliphatic rings. The van der Waals surface area contributed by atoms with Crippen LogP contribution in [-0.4, -0.2) is 5.91 Å². The Morgan fingerprint density at radius 1 is 1.50 bits per heavy atom. The topological polar surface area (TPSA) is 43.1 Å². The van der Waals surface area contributed by atoms with Gasteiger partial charge in [0.1, 0.15) is 0 Å². The first-order valence-corrected chi connectivity index (χ1v) is 4.98. The zero-order chi connectivity index (χ0) is 10.6. The van der Waals surface area contributed by atoms with Gasteiger partial charge in [-0.25, -0.2) is 0 Å². The third-order valence-corrected chi connectivity index (χ3v) is 2.52. The predicted octanol–water partition coefficient (Wildman–Crippen LogP) is 2.47. The van der Waals surface area contributed by atoms with Gasteiger partial charge in [0.2, 0.25) is 5.91 Å². The number of hydrogen-bond donors (Lipinski definition) is 1. The molecule has 0 bridgehead atoms. The quantitative estimate of drug-likeness (QED) is 0.669. The van der Waals surface area contributed by atoms with E-state index in [9.17, 15) is 4.79 Å². The Hall–Kier alpha value is -1.31. The molecule has 2 N–H and O–H groups in total. The lowest BCUT2D eigenvalue weighted by molar-refractivity contribution is -0.114. The average molecular weight is 191 g/mol. The summed E-state index contributed by atoms with van der Waals surface area (Å²) in [6, 6.07) is 0. The molecule has 0 saturated carbocycles. The summed E-state index contributed by atoms with van der Waals surface area (Å²) in [4.78, 5) is 11.0. The molecule has 2 nitrogen and oxygen atoms in total. The van der Waals surface area contributed by atoms with E-state index in [1.165, 1.54) is 11.1 Å². The molecule has 0 aromatic heterocycles. The van der Waals surface area contributed by atoms with Crippen LogP contribution < -0.4 is 5.73 Å². The van der Waals surface area contributed by atoms with Crippen molar-refractivity contribution in [3.63, 3.8) is 0 Å². The summed E-state index contributed by atoms with van der Waals surface area (Å²) in [5, 5.41) is 0. The SMILES string of the molecule is C=C1CC/C(C(N)=O)=C\C=C(/CC)C1. The van der Waals surface area contributed by atoms with Crippen molar-refractivity contribution < 1.29 is 4.79 Å². The Balaban J connectivity index is 2.89. The van der Waals surface area contributed by atoms with Gasteiger partial charge in [-0.15, -0.1) is 0 Å². The van der Waals surface area contributed by atoms with Crippen LogP contribution in [-0.2, 0) is 4.79 Å². The minimum Gasteiger partial charge on any atom is -0.366 e. The first-order valence-electron chi connectivity index (χ1n) is 4.98. The molecular weight excluding hydrogens is 174 g/mol. The number of carbonyl (C=O) groups is 1. The number of nitrogens with two attached hydrogens (primary N) is 1. The lowest BCUT2D eigenvalue weighted by Gasteiger charge is -2.11. The first-order chi connectivity index (χ1) is 6.63. The summed E-state index contributed by atoms with van der Waals surface area (Å²) >= 11 is 0. The van der Waals surface area contributed by atoms with Crippen LogP contribution in [0.2, 0.25) is 0 Å². The van der Waals surface area contributed by atoms with Gasteiger partial charge in [0.25, 0.3) is 0 Å². The first kappa shape index (κ1) is 10.8. The molecule has 0 atom stereocenters. The second kappa shape index (κ2) is 4.80. The van der Waals surface area contributed by atoms with E-state index in [4.69, 9.17) is 5.73 Å². The van der Waals surface area contributed by atoms with Gasteiger partial charge in [-0.1, -0.05) is 36.8 Å². The van der Waals surface area contributed by atoms with E-state index in [2.05, 4.69) is 13.5 Å². The van der Waals surface area contributed by atoms with E-state index < -0.39 is 0 Å². The molecule has 0 fully saturated rings. The normalized spacial score (nSPS) is 25.4. The Morgan fingerprint density at radius 2 is 2.21 bits per heavy atom. The monoisotopic (exact) mass is 191 g/mol. The highest BCUT2D eigenvalue weighted by Gasteiger charge is 2.08. The van der Waals surface area contributed by atoms with Gasteiger partial charge < -0.3 is 5.73 Å². The van der Waals surface area contributed by atoms with Crippen molar-refractivity contribution in [3.05, 3.63) is 35.5 Å². The maximum Gasteiger partial charge on any atom is 0.244 e. The molecule has 0 saturated heterocycles. The lowest BCUT2D eigenvalue weighted by Crippen LogP contribution is -2.14. The van der Waals surface area contributed by atoms with Crippen LogP contribution in [0.1, 0.15) is 32.6 Å². The molecule has 0 heterocycles. The van der Waals surface area contributed by atoms with Crippen LogP contribution in [0.4, 0.5) is 0 Å². The van der Waals surface area contributed by atoms with Crippen LogP contribution in [0.5, 0.6) is 0 Å². The highest BCUT2D eigenvalue weighted by molar-refractivity contribution is 5.92. The van der Waals surface area contributed by atoms with Crippen molar-refractivity contribution in [1.29, 1.82) is 0 Å². The van der Waals surface area contributed by atoms with Crippen molar-refractivity contribution >= 4 is 5.91 Å². The molecule has 0 radical (unpaired) electrons. The molecule has 1 aliphatic carbocycles. The minimum atomic E-state index is -0.314. The molecule has 1 rings (SSSR count). The summed E-state index contributed by atoms with van der Waals surface area (Å²) in [7, 11) is 0. The van der Waals surface area contributed by atoms with Gasteiger partial charge in [-0.05, 0) is 25.7 Å². The van der Waals surface area contributed by atoms with Gasteiger partial charge in [-0.2, -0.15) is 0 Å². The third-order valence-electron chi connectivity index (χ3n) is 2.52. The van der Waals surface area contributed by atoms with E-state index in [1.54, 1.807) is 0 Å². The highest BCUT2D eigenvalue weighted by Crippen LogP contribution is 2.22. The van der Waals surface area contributed by atoms with Crippen molar-refractivity contribution in [2.75, 3.05) is 0 Å². The van der Waals surface area contributed by atoms with Crippen LogP contribution in [0.25, 0.3) is 0 Å². The highest BCUT2D eigenvalue weighted by atomic mass is 16.1. The molecule has 76 valence electrons. The number of rotatable bonds is 2. The van der Waals surface area contributed by atoms with Gasteiger partial charge in [0.05, 0.1) is 0 Å². The van der Waals surface area contributed by atoms with Crippen molar-refractivity contribution in [3.8, 4) is 0 Å². The van der Waals surface area contributed by atoms with Crippen LogP contribution >= 0.6 is 0 Å². The molecule has 0 aromatic rings. The Labute approximate surface area is 85.2 Å². The summed E-state index contributed by atoms with van der Waals surface area (Å²) in [5.41, 5.74) is 8.46. The van der Waals surface area contributed by atoms with Crippen LogP contribution in [0, 0.1) is 0 Å². The molecule has 0 aliphatic heterocycles. The van der Waals surface area contributed by atoms with Crippen molar-refractivity contribution in [2.45, 2.75) is 32.6 Å². The Bertz CT molecular complexity index is 310. The molecule has 0 spiro atoms. The number of allylic oxidation sites excluding steroid dienone is 4. The maximum absolute atomic E-state index is 11.0. The zero-order valence-corrected chi connectivity index (χ0v) is 8.68. The fourth-order valence-corrected chi connectivity index (χ4v) is 1.53. The van der Waals surface area contributed by atoms with E-state index in [-0.39, 0.29) is 5.91 Å². The fourth-order valence-electron chi connectivity index (χ4n) is 1.53. The van der Waals surface area contributed by atoms with E-state index in [0.717, 1.165) is 25.7 Å². The standard InChI is InChI=1S/C12H17NO/c1-3-10-5-7-11(12(13)14)6-4-9(2)8-10/h5,7H,2-4,6,8H2,1H3,(H2,13,14)/b10-5+,11-7+. The van der Waals surface area contributed by atoms with Gasteiger partial charge in [0, 0.05) is 5.57 Å². The molecular formula is C12H17NO. The molecule has 2 heteroatoms. The van der Waals surface area contributed by atoms with E-state index >= 15 is 0 Å². The van der Waals surface area contributed by atoms with E-state index in [0.29, 0.717) is 5.57 Å². The largest absolute Gasteiger partial charge is 0.366 e. The average Bonchev–Trinajstić information content (AvgIpc) is 2.11. The fraction of sp³-hybridized carbons (Fsp3) is 0.417. The van der Waals surface area contributed by atoms with Crippen molar-refractivity contribution in [1.82, 2.24) is 0 Å². The lowest BCUT2D eigenvalue weighted by atomic mass is 9.94. The molecule has 0 aromatic carbocycles. The minimum absolute atomic E-state index is 0.314. The summed E-state index contributed by atoms with van der Waals surface area (Å²) in [6.45, 7) is 6.10. The molecule has 0 unspecified atom stereocenters. The molecule has 1 amide bonds. The van der Waals surface area contributed by atoms with Gasteiger partial charge >= 0.3 is 0 Å². The number of amides is 1.